The van der Waals surface area contributed by atoms with E-state index in [1.807, 2.05) is 31.2 Å². The summed E-state index contributed by atoms with van der Waals surface area (Å²) < 4.78 is 27.7. The van der Waals surface area contributed by atoms with Gasteiger partial charge in [-0.1, -0.05) is 36.2 Å². The number of piperidine rings is 1. The van der Waals surface area contributed by atoms with Crippen molar-refractivity contribution in [3.8, 4) is 0 Å². The van der Waals surface area contributed by atoms with Crippen molar-refractivity contribution in [1.29, 1.82) is 0 Å². The first-order valence-corrected chi connectivity index (χ1v) is 12.2. The average molecular weight is 441 g/mol. The highest BCUT2D eigenvalue weighted by atomic mass is 32.2. The molecule has 0 saturated carbocycles. The van der Waals surface area contributed by atoms with Crippen LogP contribution >= 0.6 is 0 Å². The lowest BCUT2D eigenvalue weighted by Gasteiger charge is -2.33. The number of aromatic nitrogens is 2. The van der Waals surface area contributed by atoms with Gasteiger partial charge in [-0.3, -0.25) is 4.79 Å². The van der Waals surface area contributed by atoms with Crippen LogP contribution in [0.25, 0.3) is 11.0 Å². The van der Waals surface area contributed by atoms with E-state index in [1.165, 1.54) is 4.31 Å². The Labute approximate surface area is 182 Å². The molecular formula is C23H28N4O3S. The normalized spacial score (nSPS) is 17.6. The fourth-order valence-corrected chi connectivity index (χ4v) is 5.67. The smallest absolute Gasteiger partial charge is 0.243 e. The molecule has 7 nitrogen and oxygen atoms in total. The van der Waals surface area contributed by atoms with Crippen molar-refractivity contribution < 1.29 is 13.2 Å². The first-order chi connectivity index (χ1) is 14.9. The van der Waals surface area contributed by atoms with E-state index in [-0.39, 0.29) is 10.8 Å². The lowest BCUT2D eigenvalue weighted by atomic mass is 10.0. The van der Waals surface area contributed by atoms with Crippen LogP contribution in [-0.4, -0.2) is 47.7 Å². The minimum Gasteiger partial charge on any atom is -0.355 e. The van der Waals surface area contributed by atoms with Gasteiger partial charge in [-0.15, -0.1) is 0 Å². The third-order valence-corrected chi connectivity index (χ3v) is 7.63. The number of carbonyl (C=O) groups excluding carboxylic acids is 1. The molecule has 1 fully saturated rings. The van der Waals surface area contributed by atoms with Crippen molar-refractivity contribution in [2.45, 2.75) is 50.0 Å². The van der Waals surface area contributed by atoms with Crippen LogP contribution in [0.15, 0.2) is 53.4 Å². The van der Waals surface area contributed by atoms with E-state index in [0.29, 0.717) is 25.9 Å². The quantitative estimate of drug-likeness (QED) is 0.552. The molecule has 1 amide bonds. The molecule has 4 rings (SSSR count). The zero-order valence-electron chi connectivity index (χ0n) is 17.7. The van der Waals surface area contributed by atoms with Crippen LogP contribution in [0.5, 0.6) is 0 Å². The molecule has 3 aromatic rings. The van der Waals surface area contributed by atoms with Gasteiger partial charge in [-0.2, -0.15) is 4.31 Å². The molecule has 0 aliphatic carbocycles. The number of hydrogen-bond acceptors (Lipinski definition) is 4. The Hall–Kier alpha value is -2.71. The molecule has 1 saturated heterocycles. The number of imidazole rings is 1. The Balaban J connectivity index is 1.36. The van der Waals surface area contributed by atoms with Crippen LogP contribution in [0.4, 0.5) is 0 Å². The molecular weight excluding hydrogens is 412 g/mol. The van der Waals surface area contributed by atoms with E-state index in [1.54, 1.807) is 24.3 Å². The predicted molar refractivity (Wildman–Crippen MR) is 120 cm³/mol. The highest BCUT2D eigenvalue weighted by Gasteiger charge is 2.37. The van der Waals surface area contributed by atoms with Crippen LogP contribution in [0.3, 0.4) is 0 Å². The van der Waals surface area contributed by atoms with Gasteiger partial charge in [-0.05, 0) is 50.5 Å². The van der Waals surface area contributed by atoms with Crippen LogP contribution < -0.4 is 5.32 Å². The van der Waals surface area contributed by atoms with Gasteiger partial charge in [0.15, 0.2) is 0 Å². The Morgan fingerprint density at radius 3 is 2.71 bits per heavy atom. The second kappa shape index (κ2) is 9.20. The zero-order chi connectivity index (χ0) is 21.8. The largest absolute Gasteiger partial charge is 0.355 e. The van der Waals surface area contributed by atoms with E-state index in [0.717, 1.165) is 41.7 Å². The van der Waals surface area contributed by atoms with Crippen molar-refractivity contribution in [2.75, 3.05) is 13.1 Å². The van der Waals surface area contributed by atoms with E-state index in [4.69, 9.17) is 0 Å². The summed E-state index contributed by atoms with van der Waals surface area (Å²) in [7, 11) is -3.70. The number of fused-ring (bicyclic) bond motifs is 1. The molecule has 2 N–H and O–H groups in total. The van der Waals surface area contributed by atoms with Crippen LogP contribution in [0.2, 0.25) is 0 Å². The monoisotopic (exact) mass is 440 g/mol. The number of nitrogens with zero attached hydrogens (tertiary/aromatic N) is 2. The van der Waals surface area contributed by atoms with Crippen LogP contribution in [-0.2, 0) is 21.2 Å². The molecule has 1 aromatic heterocycles. The molecule has 0 radical (unpaired) electrons. The molecule has 2 aromatic carbocycles. The van der Waals surface area contributed by atoms with Crippen LogP contribution in [0.1, 0.15) is 37.1 Å². The maximum Gasteiger partial charge on any atom is 0.243 e. The van der Waals surface area contributed by atoms with Crippen molar-refractivity contribution in [3.63, 3.8) is 0 Å². The van der Waals surface area contributed by atoms with Crippen molar-refractivity contribution >= 4 is 27.0 Å². The number of carbonyl (C=O) groups is 1. The summed E-state index contributed by atoms with van der Waals surface area (Å²) in [5, 5.41) is 2.93. The zero-order valence-corrected chi connectivity index (χ0v) is 18.5. The summed E-state index contributed by atoms with van der Waals surface area (Å²) in [6.07, 6.45) is 3.59. The minimum atomic E-state index is -3.70. The summed E-state index contributed by atoms with van der Waals surface area (Å²) in [6.45, 7) is 2.76. The molecule has 164 valence electrons. The van der Waals surface area contributed by atoms with Gasteiger partial charge in [0.1, 0.15) is 11.9 Å². The number of benzene rings is 2. The number of sulfonamides is 1. The SMILES string of the molecule is Cc1ccc(S(=O)(=O)N2CCCC[C@H]2C(=O)NCCCc2nc3ccccc3[nH]2)cc1. The summed E-state index contributed by atoms with van der Waals surface area (Å²) in [5.74, 6) is 0.664. The number of rotatable bonds is 7. The Bertz CT molecular complexity index is 1120. The van der Waals surface area contributed by atoms with E-state index >= 15 is 0 Å². The Morgan fingerprint density at radius 1 is 1.16 bits per heavy atom. The van der Waals surface area contributed by atoms with Gasteiger partial charge in [0.25, 0.3) is 0 Å². The van der Waals surface area contributed by atoms with Crippen molar-refractivity contribution in [2.24, 2.45) is 0 Å². The van der Waals surface area contributed by atoms with Gasteiger partial charge in [0.05, 0.1) is 15.9 Å². The van der Waals surface area contributed by atoms with Gasteiger partial charge >= 0.3 is 0 Å². The predicted octanol–water partition coefficient (Wildman–Crippen LogP) is 3.16. The maximum atomic E-state index is 13.1. The lowest BCUT2D eigenvalue weighted by molar-refractivity contribution is -0.125. The third kappa shape index (κ3) is 4.80. The van der Waals surface area contributed by atoms with Crippen molar-refractivity contribution in [3.05, 3.63) is 59.9 Å². The highest BCUT2D eigenvalue weighted by Crippen LogP contribution is 2.25. The number of para-hydroxylation sites is 2. The molecule has 31 heavy (non-hydrogen) atoms. The van der Waals surface area contributed by atoms with Gasteiger partial charge in [0.2, 0.25) is 15.9 Å². The van der Waals surface area contributed by atoms with E-state index < -0.39 is 16.1 Å². The molecule has 0 spiro atoms. The molecule has 0 bridgehead atoms. The highest BCUT2D eigenvalue weighted by molar-refractivity contribution is 7.89. The fraction of sp³-hybridized carbons (Fsp3) is 0.391. The van der Waals surface area contributed by atoms with Gasteiger partial charge < -0.3 is 10.3 Å². The Kier molecular flexibility index (Phi) is 6.38. The summed E-state index contributed by atoms with van der Waals surface area (Å²) in [4.78, 5) is 20.9. The molecule has 1 atom stereocenters. The third-order valence-electron chi connectivity index (χ3n) is 5.71. The number of aromatic amines is 1. The van der Waals surface area contributed by atoms with Gasteiger partial charge in [-0.25, -0.2) is 13.4 Å². The maximum absolute atomic E-state index is 13.1. The summed E-state index contributed by atoms with van der Waals surface area (Å²) in [5.41, 5.74) is 2.93. The first kappa shape index (κ1) is 21.5. The molecule has 2 heterocycles. The standard InChI is InChI=1S/C23H28N4O3S/c1-17-11-13-18(14-12-17)31(29,30)27-16-5-4-9-21(27)23(28)24-15-6-10-22-25-19-7-2-3-8-20(19)26-22/h2-3,7-8,11-14,21H,4-6,9-10,15-16H2,1H3,(H,24,28)(H,25,26)/t21-/m0/s1. The van der Waals surface area contributed by atoms with Crippen molar-refractivity contribution in [1.82, 2.24) is 19.6 Å². The van der Waals surface area contributed by atoms with Crippen LogP contribution in [0, 0.1) is 6.92 Å². The number of hydrogen-bond donors (Lipinski definition) is 2. The molecule has 1 aliphatic rings. The number of amides is 1. The number of nitrogens with one attached hydrogen (secondary N) is 2. The Morgan fingerprint density at radius 2 is 1.94 bits per heavy atom. The molecule has 0 unspecified atom stereocenters. The topological polar surface area (TPSA) is 95.2 Å². The average Bonchev–Trinajstić information content (AvgIpc) is 3.20. The second-order valence-corrected chi connectivity index (χ2v) is 9.93. The lowest BCUT2D eigenvalue weighted by Crippen LogP contribution is -2.51. The summed E-state index contributed by atoms with van der Waals surface area (Å²) in [6, 6.07) is 14.0. The summed E-state index contributed by atoms with van der Waals surface area (Å²) >= 11 is 0. The molecule has 1 aliphatic heterocycles. The van der Waals surface area contributed by atoms with E-state index in [2.05, 4.69) is 15.3 Å². The fourth-order valence-electron chi connectivity index (χ4n) is 4.01. The van der Waals surface area contributed by atoms with Gasteiger partial charge in [0, 0.05) is 19.5 Å². The minimum absolute atomic E-state index is 0.222. The molecule has 8 heteroatoms. The second-order valence-electron chi connectivity index (χ2n) is 8.04. The first-order valence-electron chi connectivity index (χ1n) is 10.7. The number of H-pyrrole nitrogens is 1. The number of aryl methyl sites for hydroxylation is 2. The van der Waals surface area contributed by atoms with E-state index in [9.17, 15) is 13.2 Å².